The van der Waals surface area contributed by atoms with Crippen LogP contribution < -0.4 is 10.2 Å². The third-order valence-corrected chi connectivity index (χ3v) is 6.68. The third-order valence-electron chi connectivity index (χ3n) is 5.73. The highest BCUT2D eigenvalue weighted by Gasteiger charge is 2.17. The van der Waals surface area contributed by atoms with Gasteiger partial charge in [-0.05, 0) is 44.2 Å². The second kappa shape index (κ2) is 9.08. The molecule has 1 aromatic carbocycles. The smallest absolute Gasteiger partial charge is 0.166 e. The number of aromatic nitrogens is 2. The fourth-order valence-corrected chi connectivity index (χ4v) is 4.95. The van der Waals surface area contributed by atoms with Crippen LogP contribution in [0.25, 0.3) is 21.6 Å². The molecule has 0 atom stereocenters. The van der Waals surface area contributed by atoms with Gasteiger partial charge in [0.25, 0.3) is 0 Å². The van der Waals surface area contributed by atoms with Gasteiger partial charge < -0.3 is 14.6 Å². The summed E-state index contributed by atoms with van der Waals surface area (Å²) in [5.41, 5.74) is 2.24. The van der Waals surface area contributed by atoms with Gasteiger partial charge in [0.2, 0.25) is 0 Å². The number of nitrogens with one attached hydrogen (secondary N) is 1. The van der Waals surface area contributed by atoms with Crippen LogP contribution in [0.2, 0.25) is 0 Å². The molecule has 0 saturated carbocycles. The fraction of sp³-hybridized carbons (Fsp3) is 0.333. The highest BCUT2D eigenvalue weighted by molar-refractivity contribution is 7.18. The van der Waals surface area contributed by atoms with Crippen LogP contribution in [0, 0.1) is 6.92 Å². The van der Waals surface area contributed by atoms with Crippen LogP contribution in [0.3, 0.4) is 0 Å². The van der Waals surface area contributed by atoms with Gasteiger partial charge in [-0.1, -0.05) is 18.2 Å². The Labute approximate surface area is 186 Å². The van der Waals surface area contributed by atoms with Crippen molar-refractivity contribution in [3.63, 3.8) is 0 Å². The maximum absolute atomic E-state index is 5.22. The Morgan fingerprint density at radius 1 is 1.06 bits per heavy atom. The first-order valence-electron chi connectivity index (χ1n) is 10.8. The van der Waals surface area contributed by atoms with Crippen LogP contribution in [0.5, 0.6) is 0 Å². The van der Waals surface area contributed by atoms with Crippen LogP contribution in [-0.4, -0.2) is 54.1 Å². The summed E-state index contributed by atoms with van der Waals surface area (Å²) in [6, 6.07) is 14.8. The zero-order chi connectivity index (χ0) is 21.0. The summed E-state index contributed by atoms with van der Waals surface area (Å²) in [5.74, 6) is 1.63. The van der Waals surface area contributed by atoms with Crippen LogP contribution in [-0.2, 0) is 0 Å². The monoisotopic (exact) mass is 433 g/mol. The summed E-state index contributed by atoms with van der Waals surface area (Å²) >= 11 is 1.70. The Morgan fingerprint density at radius 2 is 1.90 bits per heavy atom. The number of aryl methyl sites for hydroxylation is 1. The molecule has 5 rings (SSSR count). The Bertz CT molecular complexity index is 1120. The van der Waals surface area contributed by atoms with E-state index in [1.165, 1.54) is 10.6 Å². The zero-order valence-corrected chi connectivity index (χ0v) is 18.6. The van der Waals surface area contributed by atoms with E-state index in [-0.39, 0.29) is 0 Å². The summed E-state index contributed by atoms with van der Waals surface area (Å²) in [6.45, 7) is 8.51. The lowest BCUT2D eigenvalue weighted by molar-refractivity contribution is 0.257. The third kappa shape index (κ3) is 4.57. The lowest BCUT2D eigenvalue weighted by atomic mass is 10.2. The topological polar surface area (TPSA) is 57.4 Å². The van der Waals surface area contributed by atoms with E-state index in [0.717, 1.165) is 67.3 Å². The molecule has 0 aliphatic carbocycles. The predicted octanol–water partition coefficient (Wildman–Crippen LogP) is 4.88. The van der Waals surface area contributed by atoms with Crippen LogP contribution >= 0.6 is 11.3 Å². The Hall–Kier alpha value is -2.90. The Balaban J connectivity index is 1.17. The number of piperazine rings is 1. The molecule has 3 aromatic heterocycles. The number of fused-ring (bicyclic) bond motifs is 1. The second-order valence-corrected chi connectivity index (χ2v) is 9.16. The van der Waals surface area contributed by atoms with Gasteiger partial charge >= 0.3 is 0 Å². The number of anilines is 2. The van der Waals surface area contributed by atoms with Gasteiger partial charge in [0.15, 0.2) is 5.82 Å². The first kappa shape index (κ1) is 20.0. The molecule has 1 saturated heterocycles. The molecule has 0 unspecified atom stereocenters. The summed E-state index contributed by atoms with van der Waals surface area (Å²) in [5, 5.41) is 4.67. The minimum atomic E-state index is 0.711. The van der Waals surface area contributed by atoms with Crippen molar-refractivity contribution < 1.29 is 4.42 Å². The van der Waals surface area contributed by atoms with Gasteiger partial charge in [-0.15, -0.1) is 11.3 Å². The van der Waals surface area contributed by atoms with E-state index in [0.29, 0.717) is 5.82 Å². The van der Waals surface area contributed by atoms with Gasteiger partial charge in [-0.2, -0.15) is 0 Å². The van der Waals surface area contributed by atoms with Crippen molar-refractivity contribution in [2.75, 3.05) is 49.5 Å². The summed E-state index contributed by atoms with van der Waals surface area (Å²) in [7, 11) is 0. The highest BCUT2D eigenvalue weighted by Crippen LogP contribution is 2.31. The quantitative estimate of drug-likeness (QED) is 0.419. The number of rotatable bonds is 7. The number of benzene rings is 1. The number of thiophene rings is 1. The van der Waals surface area contributed by atoms with Gasteiger partial charge in [-0.25, -0.2) is 9.97 Å². The SMILES string of the molecule is Cc1cc2c(NCCCN3CCN(c4ccccc4)CC3)nc(-c3ccoc3)nc2s1. The minimum absolute atomic E-state index is 0.711. The number of hydrogen-bond donors (Lipinski definition) is 1. The highest BCUT2D eigenvalue weighted by atomic mass is 32.1. The van der Waals surface area contributed by atoms with Crippen molar-refractivity contribution in [3.05, 3.63) is 59.9 Å². The summed E-state index contributed by atoms with van der Waals surface area (Å²) in [6.07, 6.45) is 4.44. The lowest BCUT2D eigenvalue weighted by Gasteiger charge is -2.36. The molecule has 4 heterocycles. The molecule has 1 N–H and O–H groups in total. The normalized spacial score (nSPS) is 14.9. The van der Waals surface area contributed by atoms with E-state index in [4.69, 9.17) is 14.4 Å². The van der Waals surface area contributed by atoms with Crippen LogP contribution in [0.15, 0.2) is 59.4 Å². The van der Waals surface area contributed by atoms with Gasteiger partial charge in [-0.3, -0.25) is 4.90 Å². The first-order chi connectivity index (χ1) is 15.3. The molecular weight excluding hydrogens is 406 g/mol. The molecule has 1 aliphatic rings. The number of hydrogen-bond acceptors (Lipinski definition) is 7. The van der Waals surface area contributed by atoms with Crippen LogP contribution in [0.4, 0.5) is 11.5 Å². The predicted molar refractivity (Wildman–Crippen MR) is 128 cm³/mol. The average molecular weight is 434 g/mol. The Morgan fingerprint density at radius 3 is 2.68 bits per heavy atom. The molecular formula is C24H27N5OS. The lowest BCUT2D eigenvalue weighted by Crippen LogP contribution is -2.46. The maximum Gasteiger partial charge on any atom is 0.166 e. The summed E-state index contributed by atoms with van der Waals surface area (Å²) < 4.78 is 5.22. The molecule has 0 bridgehead atoms. The van der Waals surface area contributed by atoms with Crippen molar-refractivity contribution in [2.24, 2.45) is 0 Å². The summed E-state index contributed by atoms with van der Waals surface area (Å²) in [4.78, 5) is 16.8. The van der Waals surface area contributed by atoms with Crippen LogP contribution in [0.1, 0.15) is 11.3 Å². The molecule has 7 heteroatoms. The zero-order valence-electron chi connectivity index (χ0n) is 17.8. The molecule has 160 valence electrons. The maximum atomic E-state index is 5.22. The van der Waals surface area contributed by atoms with E-state index in [1.54, 1.807) is 23.9 Å². The van der Waals surface area contributed by atoms with Gasteiger partial charge in [0, 0.05) is 43.3 Å². The molecule has 0 amide bonds. The van der Waals surface area contributed by atoms with E-state index < -0.39 is 0 Å². The number of furan rings is 1. The molecule has 0 spiro atoms. The number of para-hydroxylation sites is 1. The first-order valence-corrected chi connectivity index (χ1v) is 11.6. The van der Waals surface area contributed by atoms with E-state index in [2.05, 4.69) is 58.4 Å². The van der Waals surface area contributed by atoms with E-state index in [1.807, 2.05) is 6.07 Å². The van der Waals surface area contributed by atoms with Crippen molar-refractivity contribution in [3.8, 4) is 11.4 Å². The molecule has 4 aromatic rings. The largest absolute Gasteiger partial charge is 0.472 e. The second-order valence-electron chi connectivity index (χ2n) is 7.93. The number of nitrogens with zero attached hydrogens (tertiary/aromatic N) is 4. The van der Waals surface area contributed by atoms with Crippen molar-refractivity contribution >= 4 is 33.1 Å². The minimum Gasteiger partial charge on any atom is -0.472 e. The van der Waals surface area contributed by atoms with Gasteiger partial charge in [0.05, 0.1) is 17.2 Å². The van der Waals surface area contributed by atoms with E-state index >= 15 is 0 Å². The van der Waals surface area contributed by atoms with Crippen molar-refractivity contribution in [2.45, 2.75) is 13.3 Å². The average Bonchev–Trinajstić information content (AvgIpc) is 3.47. The standard InChI is InChI=1S/C24H27N5OS/c1-18-16-21-23(26-22(27-24(21)31-18)19-8-15-30-17-19)25-9-5-10-28-11-13-29(14-12-28)20-6-3-2-4-7-20/h2-4,6-8,15-17H,5,9-14H2,1H3,(H,25,26,27). The fourth-order valence-electron chi connectivity index (χ4n) is 4.08. The molecule has 6 nitrogen and oxygen atoms in total. The molecule has 1 aliphatic heterocycles. The Kier molecular flexibility index (Phi) is 5.86. The van der Waals surface area contributed by atoms with Crippen molar-refractivity contribution in [1.82, 2.24) is 14.9 Å². The molecule has 31 heavy (non-hydrogen) atoms. The van der Waals surface area contributed by atoms with Crippen molar-refractivity contribution in [1.29, 1.82) is 0 Å². The molecule has 1 fully saturated rings. The molecule has 0 radical (unpaired) electrons. The van der Waals surface area contributed by atoms with Gasteiger partial charge in [0.1, 0.15) is 16.9 Å². The van der Waals surface area contributed by atoms with E-state index in [9.17, 15) is 0 Å².